The molecule has 3 aromatic rings. The minimum Gasteiger partial charge on any atom is -0.490 e. The van der Waals surface area contributed by atoms with Gasteiger partial charge in [-0.3, -0.25) is 19.9 Å². The molecular weight excluding hydrogens is 603 g/mol. The van der Waals surface area contributed by atoms with Crippen LogP contribution in [0.4, 0.5) is 39.1 Å². The van der Waals surface area contributed by atoms with Gasteiger partial charge in [-0.1, -0.05) is 0 Å². The second kappa shape index (κ2) is 12.8. The molecule has 0 spiro atoms. The van der Waals surface area contributed by atoms with Crippen molar-refractivity contribution in [1.29, 1.82) is 0 Å². The molecule has 5 rings (SSSR count). The summed E-state index contributed by atoms with van der Waals surface area (Å²) in [4.78, 5) is 34.8. The maximum Gasteiger partial charge on any atom is 0.423 e. The van der Waals surface area contributed by atoms with Gasteiger partial charge in [0.1, 0.15) is 22.8 Å². The van der Waals surface area contributed by atoms with Crippen molar-refractivity contribution in [3.63, 3.8) is 0 Å². The number of nitrogens with one attached hydrogen (secondary N) is 1. The fourth-order valence-electron chi connectivity index (χ4n) is 5.49. The molecule has 0 atom stereocenters. The molecule has 1 amide bonds. The van der Waals surface area contributed by atoms with Crippen LogP contribution in [-0.4, -0.2) is 64.0 Å². The molecule has 0 unspecified atom stereocenters. The molecule has 2 fully saturated rings. The zero-order valence-corrected chi connectivity index (χ0v) is 24.3. The zero-order chi connectivity index (χ0) is 32.4. The van der Waals surface area contributed by atoms with Crippen LogP contribution in [0.1, 0.15) is 54.2 Å². The van der Waals surface area contributed by atoms with Gasteiger partial charge in [-0.05, 0) is 56.0 Å². The summed E-state index contributed by atoms with van der Waals surface area (Å²) in [6.07, 6.45) is 0.279. The van der Waals surface area contributed by atoms with Crippen LogP contribution < -0.4 is 15.0 Å². The summed E-state index contributed by atoms with van der Waals surface area (Å²) in [7, 11) is 0. The lowest BCUT2D eigenvalue weighted by atomic mass is 9.92. The van der Waals surface area contributed by atoms with Crippen LogP contribution in [0.25, 0.3) is 0 Å². The summed E-state index contributed by atoms with van der Waals surface area (Å²) in [6, 6.07) is 8.91. The Morgan fingerprint density at radius 2 is 1.69 bits per heavy atom. The van der Waals surface area contributed by atoms with Gasteiger partial charge in [0.25, 0.3) is 17.5 Å². The average Bonchev–Trinajstić information content (AvgIpc) is 3.01. The number of amides is 1. The van der Waals surface area contributed by atoms with Crippen LogP contribution in [0.15, 0.2) is 54.9 Å². The van der Waals surface area contributed by atoms with Crippen molar-refractivity contribution < 1.29 is 36.4 Å². The highest BCUT2D eigenvalue weighted by Crippen LogP contribution is 2.38. The first-order valence-corrected chi connectivity index (χ1v) is 14.4. The van der Waals surface area contributed by atoms with E-state index in [9.17, 15) is 36.9 Å². The van der Waals surface area contributed by atoms with Crippen molar-refractivity contribution >= 4 is 23.1 Å². The number of alkyl halides is 5. The van der Waals surface area contributed by atoms with E-state index in [1.165, 1.54) is 18.2 Å². The fourth-order valence-corrected chi connectivity index (χ4v) is 5.49. The van der Waals surface area contributed by atoms with E-state index < -0.39 is 28.3 Å². The second-order valence-corrected chi connectivity index (χ2v) is 11.2. The normalized spacial score (nSPS) is 19.2. The lowest BCUT2D eigenvalue weighted by molar-refractivity contribution is -0.388. The number of carbonyl (C=O) groups is 1. The van der Waals surface area contributed by atoms with Crippen LogP contribution >= 0.6 is 0 Å². The number of rotatable bonds is 8. The van der Waals surface area contributed by atoms with E-state index in [1.54, 1.807) is 17.2 Å². The van der Waals surface area contributed by atoms with Crippen molar-refractivity contribution in [2.75, 3.05) is 36.4 Å². The summed E-state index contributed by atoms with van der Waals surface area (Å²) in [5, 5.41) is 14.1. The summed E-state index contributed by atoms with van der Waals surface area (Å²) >= 11 is 0. The van der Waals surface area contributed by atoms with Crippen LogP contribution in [0, 0.1) is 10.1 Å². The third-order valence-electron chi connectivity index (χ3n) is 7.94. The van der Waals surface area contributed by atoms with E-state index >= 15 is 0 Å². The van der Waals surface area contributed by atoms with Gasteiger partial charge in [0.15, 0.2) is 0 Å². The lowest BCUT2D eigenvalue weighted by Gasteiger charge is -2.35. The molecule has 1 aromatic carbocycles. The first-order chi connectivity index (χ1) is 21.3. The van der Waals surface area contributed by atoms with Gasteiger partial charge in [-0.2, -0.15) is 13.2 Å². The number of piperazine rings is 1. The molecule has 240 valence electrons. The molecule has 1 aliphatic heterocycles. The van der Waals surface area contributed by atoms with Gasteiger partial charge in [0.2, 0.25) is 0 Å². The molecule has 0 radical (unpaired) electrons. The zero-order valence-electron chi connectivity index (χ0n) is 24.3. The average molecular weight is 635 g/mol. The number of anilines is 2. The monoisotopic (exact) mass is 634 g/mol. The van der Waals surface area contributed by atoms with Crippen molar-refractivity contribution in [2.45, 2.75) is 56.9 Å². The second-order valence-electron chi connectivity index (χ2n) is 11.2. The van der Waals surface area contributed by atoms with Crippen LogP contribution in [0.2, 0.25) is 0 Å². The molecule has 2 aliphatic rings. The summed E-state index contributed by atoms with van der Waals surface area (Å²) < 4.78 is 73.1. The molecule has 1 saturated carbocycles. The minimum atomic E-state index is -4.84. The number of aromatic nitrogens is 2. The molecule has 1 N–H and O–H groups in total. The number of halogens is 5. The number of nitro benzene ring substituents is 1. The number of carbonyl (C=O) groups excluding carboxylic acids is 1. The lowest BCUT2D eigenvalue weighted by Crippen LogP contribution is -2.49. The Kier molecular flexibility index (Phi) is 9.07. The quantitative estimate of drug-likeness (QED) is 0.175. The van der Waals surface area contributed by atoms with Crippen LogP contribution in [0.3, 0.4) is 0 Å². The number of benzene rings is 1. The van der Waals surface area contributed by atoms with E-state index in [0.717, 1.165) is 25.3 Å². The molecular formula is C30H31F5N6O4. The van der Waals surface area contributed by atoms with Crippen molar-refractivity contribution in [3.8, 4) is 5.75 Å². The van der Waals surface area contributed by atoms with E-state index in [0.29, 0.717) is 63.4 Å². The van der Waals surface area contributed by atoms with Crippen molar-refractivity contribution in [1.82, 2.24) is 14.9 Å². The summed E-state index contributed by atoms with van der Waals surface area (Å²) in [6.45, 7) is 2.57. The highest BCUT2D eigenvalue weighted by molar-refractivity contribution is 5.92. The SMILES string of the molecule is CC(F)(F)c1ccc(C(=O)N2CCN(c3cc(OC4CCC(Nc5ccc([N+](=O)[O-])c(C(F)(F)F)c5)CC4)ccn3)CC2)nc1. The van der Waals surface area contributed by atoms with Gasteiger partial charge in [0, 0.05) is 74.9 Å². The van der Waals surface area contributed by atoms with E-state index in [4.69, 9.17) is 4.74 Å². The van der Waals surface area contributed by atoms with Gasteiger partial charge in [-0.15, -0.1) is 0 Å². The predicted octanol–water partition coefficient (Wildman–Crippen LogP) is 6.28. The summed E-state index contributed by atoms with van der Waals surface area (Å²) in [5.41, 5.74) is -2.25. The van der Waals surface area contributed by atoms with E-state index in [2.05, 4.69) is 15.3 Å². The molecule has 10 nitrogen and oxygen atoms in total. The summed E-state index contributed by atoms with van der Waals surface area (Å²) in [5.74, 6) is -2.06. The van der Waals surface area contributed by atoms with Gasteiger partial charge in [0.05, 0.1) is 11.0 Å². The maximum absolute atomic E-state index is 13.5. The minimum absolute atomic E-state index is 0.105. The number of pyridine rings is 2. The molecule has 1 saturated heterocycles. The van der Waals surface area contributed by atoms with Crippen LogP contribution in [-0.2, 0) is 12.1 Å². The molecule has 3 heterocycles. The van der Waals surface area contributed by atoms with Gasteiger partial charge in [-0.25, -0.2) is 13.8 Å². The Balaban J connectivity index is 1.11. The molecule has 15 heteroatoms. The Hall–Kier alpha value is -4.56. The Labute approximate surface area is 255 Å². The van der Waals surface area contributed by atoms with E-state index in [1.807, 2.05) is 11.0 Å². The highest BCUT2D eigenvalue weighted by atomic mass is 19.4. The third-order valence-corrected chi connectivity index (χ3v) is 7.94. The topological polar surface area (TPSA) is 114 Å². The number of ether oxygens (including phenoxy) is 1. The van der Waals surface area contributed by atoms with Crippen molar-refractivity contribution in [3.05, 3.63) is 81.8 Å². The molecule has 45 heavy (non-hydrogen) atoms. The standard InChI is InChI=1S/C30H31F5N6O4/c1-29(31,32)19-2-8-25(37-18-19)28(42)40-14-12-39(13-15-40)27-17-23(10-11-36-27)45-22-6-3-20(4-7-22)38-21-5-9-26(41(43)44)24(16-21)30(33,34)35/h2,5,8-11,16-18,20,22,38H,3-4,6-7,12-15H2,1H3. The van der Waals surface area contributed by atoms with Gasteiger partial charge >= 0.3 is 6.18 Å². The van der Waals surface area contributed by atoms with Gasteiger partial charge < -0.3 is 19.9 Å². The number of nitrogens with zero attached hydrogens (tertiary/aromatic N) is 5. The number of nitro groups is 1. The largest absolute Gasteiger partial charge is 0.490 e. The third kappa shape index (κ3) is 7.75. The first-order valence-electron chi connectivity index (χ1n) is 14.4. The predicted molar refractivity (Wildman–Crippen MR) is 155 cm³/mol. The molecule has 1 aliphatic carbocycles. The van der Waals surface area contributed by atoms with Crippen molar-refractivity contribution in [2.24, 2.45) is 0 Å². The number of hydrogen-bond acceptors (Lipinski definition) is 8. The highest BCUT2D eigenvalue weighted by Gasteiger charge is 2.38. The number of hydrogen-bond donors (Lipinski definition) is 1. The molecule has 2 aromatic heterocycles. The van der Waals surface area contributed by atoms with E-state index in [-0.39, 0.29) is 35.0 Å². The molecule has 0 bridgehead atoms. The first kappa shape index (κ1) is 31.9. The fraction of sp³-hybridized carbons (Fsp3) is 0.433. The Bertz CT molecular complexity index is 1520. The Morgan fingerprint density at radius 3 is 2.29 bits per heavy atom. The maximum atomic E-state index is 13.5. The Morgan fingerprint density at radius 1 is 0.978 bits per heavy atom. The van der Waals surface area contributed by atoms with Crippen LogP contribution in [0.5, 0.6) is 5.75 Å². The smallest absolute Gasteiger partial charge is 0.423 e.